The van der Waals surface area contributed by atoms with Crippen LogP contribution < -0.4 is 19.6 Å². The standard InChI is InChI=1S/C23H25ClFN5O4S/c1-13-9-16(34-35(25,31)32)5-6-19(13)27-22-18(24)12-26-23(29-22)28-20-11-17-14(2)30(3)8-7-15(17)10-21(20)33-4/h5-6,9-12,14H,7-8H2,1-4H3,(H2,26,27,28,29). The van der Waals surface area contributed by atoms with Crippen molar-refractivity contribution in [2.45, 2.75) is 26.3 Å². The van der Waals surface area contributed by atoms with Crippen LogP contribution in [0.4, 0.5) is 27.0 Å². The van der Waals surface area contributed by atoms with Crippen LogP contribution >= 0.6 is 11.6 Å². The Bertz CT molecular complexity index is 1370. The summed E-state index contributed by atoms with van der Waals surface area (Å²) in [5, 5.41) is 6.58. The second kappa shape index (κ2) is 9.84. The average Bonchev–Trinajstić information content (AvgIpc) is 2.79. The number of aryl methyl sites for hydroxylation is 1. The lowest BCUT2D eigenvalue weighted by Gasteiger charge is -2.33. The zero-order valence-corrected chi connectivity index (χ0v) is 21.2. The minimum atomic E-state index is -5.11. The van der Waals surface area contributed by atoms with E-state index in [1.54, 1.807) is 14.0 Å². The number of nitrogens with zero attached hydrogens (tertiary/aromatic N) is 3. The number of fused-ring (bicyclic) bond motifs is 1. The number of methoxy groups -OCH3 is 1. The predicted octanol–water partition coefficient (Wildman–Crippen LogP) is 5.08. The molecule has 1 atom stereocenters. The molecule has 9 nitrogen and oxygen atoms in total. The van der Waals surface area contributed by atoms with Gasteiger partial charge < -0.3 is 19.6 Å². The van der Waals surface area contributed by atoms with E-state index in [2.05, 4.69) is 49.7 Å². The molecule has 35 heavy (non-hydrogen) atoms. The molecule has 1 aliphatic heterocycles. The van der Waals surface area contributed by atoms with Crippen molar-refractivity contribution in [2.75, 3.05) is 31.3 Å². The molecule has 0 bridgehead atoms. The van der Waals surface area contributed by atoms with Gasteiger partial charge in [0, 0.05) is 18.3 Å². The second-order valence-corrected chi connectivity index (χ2v) is 9.61. The molecule has 0 amide bonds. The Hall–Kier alpha value is -3.15. The predicted molar refractivity (Wildman–Crippen MR) is 133 cm³/mol. The van der Waals surface area contributed by atoms with E-state index in [4.69, 9.17) is 16.3 Å². The van der Waals surface area contributed by atoms with Crippen molar-refractivity contribution in [1.29, 1.82) is 0 Å². The first kappa shape index (κ1) is 25.0. The fourth-order valence-electron chi connectivity index (χ4n) is 3.94. The number of anilines is 4. The van der Waals surface area contributed by atoms with Crippen LogP contribution in [0.15, 0.2) is 36.5 Å². The van der Waals surface area contributed by atoms with Gasteiger partial charge in [0.2, 0.25) is 5.95 Å². The molecule has 0 fully saturated rings. The first-order chi connectivity index (χ1) is 16.5. The van der Waals surface area contributed by atoms with Crippen molar-refractivity contribution < 1.29 is 21.2 Å². The number of ether oxygens (including phenoxy) is 1. The third kappa shape index (κ3) is 5.75. The van der Waals surface area contributed by atoms with Gasteiger partial charge in [-0.15, -0.1) is 0 Å². The van der Waals surface area contributed by atoms with Crippen molar-refractivity contribution in [3.05, 3.63) is 58.2 Å². The molecular weight excluding hydrogens is 497 g/mol. The number of hydrogen-bond acceptors (Lipinski definition) is 9. The second-order valence-electron chi connectivity index (χ2n) is 8.25. The summed E-state index contributed by atoms with van der Waals surface area (Å²) in [6, 6.07) is 8.59. The summed E-state index contributed by atoms with van der Waals surface area (Å²) in [5.74, 6) is 1.16. The summed E-state index contributed by atoms with van der Waals surface area (Å²) in [4.78, 5) is 11.1. The minimum Gasteiger partial charge on any atom is -0.495 e. The van der Waals surface area contributed by atoms with Gasteiger partial charge in [-0.3, -0.25) is 4.90 Å². The third-order valence-corrected chi connectivity index (χ3v) is 6.61. The molecular formula is C23H25ClFN5O4S. The Labute approximate surface area is 208 Å². The van der Waals surface area contributed by atoms with Crippen LogP contribution in [0.1, 0.15) is 29.7 Å². The first-order valence-corrected chi connectivity index (χ1v) is 12.4. The van der Waals surface area contributed by atoms with E-state index in [0.29, 0.717) is 28.8 Å². The van der Waals surface area contributed by atoms with Crippen LogP contribution in [0.5, 0.6) is 11.5 Å². The SMILES string of the molecule is COc1cc2c(cc1Nc1ncc(Cl)c(Nc3ccc(OS(=O)(=O)F)cc3C)n1)C(C)N(C)CC2. The lowest BCUT2D eigenvalue weighted by Crippen LogP contribution is -2.30. The highest BCUT2D eigenvalue weighted by Gasteiger charge is 2.23. The highest BCUT2D eigenvalue weighted by molar-refractivity contribution is 7.81. The molecule has 2 heterocycles. The van der Waals surface area contributed by atoms with Crippen molar-refractivity contribution in [2.24, 2.45) is 0 Å². The molecule has 2 aromatic carbocycles. The summed E-state index contributed by atoms with van der Waals surface area (Å²) in [7, 11) is -1.39. The zero-order valence-electron chi connectivity index (χ0n) is 19.6. The van der Waals surface area contributed by atoms with Crippen LogP contribution in [0.2, 0.25) is 5.02 Å². The maximum atomic E-state index is 12.8. The highest BCUT2D eigenvalue weighted by Crippen LogP contribution is 2.37. The summed E-state index contributed by atoms with van der Waals surface area (Å²) < 4.78 is 44.1. The smallest absolute Gasteiger partial charge is 0.488 e. The molecule has 0 saturated carbocycles. The number of aromatic nitrogens is 2. The number of halogens is 2. The molecule has 12 heteroatoms. The van der Waals surface area contributed by atoms with E-state index in [1.165, 1.54) is 35.5 Å². The molecule has 0 radical (unpaired) electrons. The maximum Gasteiger partial charge on any atom is 0.488 e. The van der Waals surface area contributed by atoms with E-state index in [0.717, 1.165) is 18.7 Å². The van der Waals surface area contributed by atoms with Crippen LogP contribution in [-0.2, 0) is 16.9 Å². The van der Waals surface area contributed by atoms with Crippen molar-refractivity contribution in [3.63, 3.8) is 0 Å². The molecule has 1 unspecified atom stereocenters. The largest absolute Gasteiger partial charge is 0.495 e. The van der Waals surface area contributed by atoms with E-state index in [1.807, 2.05) is 6.07 Å². The Morgan fingerprint density at radius 2 is 1.97 bits per heavy atom. The summed E-state index contributed by atoms with van der Waals surface area (Å²) >= 11 is 6.31. The van der Waals surface area contributed by atoms with Gasteiger partial charge in [0.05, 0.1) is 19.0 Å². The van der Waals surface area contributed by atoms with Gasteiger partial charge in [0.15, 0.2) is 5.82 Å². The van der Waals surface area contributed by atoms with Gasteiger partial charge in [0.25, 0.3) is 0 Å². The third-order valence-electron chi connectivity index (χ3n) is 5.94. The van der Waals surface area contributed by atoms with Gasteiger partial charge in [-0.05, 0) is 74.3 Å². The molecule has 4 rings (SSSR count). The first-order valence-electron chi connectivity index (χ1n) is 10.8. The van der Waals surface area contributed by atoms with Gasteiger partial charge in [-0.1, -0.05) is 15.5 Å². The minimum absolute atomic E-state index is 0.147. The van der Waals surface area contributed by atoms with E-state index < -0.39 is 10.5 Å². The van der Waals surface area contributed by atoms with Crippen LogP contribution in [0, 0.1) is 6.92 Å². The number of rotatable bonds is 7. The molecule has 0 saturated heterocycles. The van der Waals surface area contributed by atoms with Gasteiger partial charge in [-0.25, -0.2) is 4.98 Å². The van der Waals surface area contributed by atoms with E-state index in [9.17, 15) is 12.3 Å². The number of nitrogens with one attached hydrogen (secondary N) is 2. The Balaban J connectivity index is 1.60. The Morgan fingerprint density at radius 1 is 1.20 bits per heavy atom. The van der Waals surface area contributed by atoms with Crippen molar-refractivity contribution in [1.82, 2.24) is 14.9 Å². The monoisotopic (exact) mass is 521 g/mol. The van der Waals surface area contributed by atoms with Crippen LogP contribution in [0.3, 0.4) is 0 Å². The van der Waals surface area contributed by atoms with Gasteiger partial charge in [-0.2, -0.15) is 13.4 Å². The van der Waals surface area contributed by atoms with E-state index in [-0.39, 0.29) is 16.8 Å². The molecule has 0 aliphatic carbocycles. The molecule has 3 aromatic rings. The summed E-state index contributed by atoms with van der Waals surface area (Å²) in [6.45, 7) is 4.84. The number of likely N-dealkylation sites (N-methyl/N-ethyl adjacent to an activating group) is 1. The lowest BCUT2D eigenvalue weighted by atomic mass is 9.93. The molecule has 1 aromatic heterocycles. The molecule has 1 aliphatic rings. The summed E-state index contributed by atoms with van der Waals surface area (Å²) in [6.07, 6.45) is 2.40. The Kier molecular flexibility index (Phi) is 7.02. The number of hydrogen-bond donors (Lipinski definition) is 2. The average molecular weight is 522 g/mol. The summed E-state index contributed by atoms with van der Waals surface area (Å²) in [5.41, 5.74) is 4.35. The van der Waals surface area contributed by atoms with Gasteiger partial charge in [0.1, 0.15) is 16.5 Å². The van der Waals surface area contributed by atoms with Crippen molar-refractivity contribution >= 4 is 45.2 Å². The quantitative estimate of drug-likeness (QED) is 0.412. The molecule has 186 valence electrons. The van der Waals surface area contributed by atoms with E-state index >= 15 is 0 Å². The number of benzene rings is 2. The van der Waals surface area contributed by atoms with Gasteiger partial charge >= 0.3 is 10.5 Å². The van der Waals surface area contributed by atoms with Crippen LogP contribution in [0.25, 0.3) is 0 Å². The normalized spacial score (nSPS) is 15.9. The molecule has 0 spiro atoms. The molecule has 2 N–H and O–H groups in total. The Morgan fingerprint density at radius 3 is 2.66 bits per heavy atom. The maximum absolute atomic E-state index is 12.8. The van der Waals surface area contributed by atoms with Crippen LogP contribution in [-0.4, -0.2) is 44.0 Å². The fraction of sp³-hybridized carbons (Fsp3) is 0.304. The van der Waals surface area contributed by atoms with Crippen molar-refractivity contribution in [3.8, 4) is 11.5 Å². The fourth-order valence-corrected chi connectivity index (χ4v) is 4.42. The lowest BCUT2D eigenvalue weighted by molar-refractivity contribution is 0.247. The highest BCUT2D eigenvalue weighted by atomic mass is 35.5. The zero-order chi connectivity index (χ0) is 25.3. The topological polar surface area (TPSA) is 106 Å².